The van der Waals surface area contributed by atoms with Gasteiger partial charge in [-0.1, -0.05) is 0 Å². The van der Waals surface area contributed by atoms with Crippen LogP contribution in [0, 0.1) is 11.6 Å². The van der Waals surface area contributed by atoms with Crippen LogP contribution in [0.15, 0.2) is 18.2 Å². The third-order valence-electron chi connectivity index (χ3n) is 2.41. The van der Waals surface area contributed by atoms with Gasteiger partial charge in [-0.05, 0) is 25.0 Å². The van der Waals surface area contributed by atoms with Crippen LogP contribution in [0.4, 0.5) is 14.5 Å². The van der Waals surface area contributed by atoms with E-state index in [1.54, 1.807) is 0 Å². The van der Waals surface area contributed by atoms with Crippen molar-refractivity contribution in [3.05, 3.63) is 29.8 Å². The second-order valence-electron chi connectivity index (χ2n) is 3.62. The molecular weight excluding hydrogens is 216 g/mol. The summed E-state index contributed by atoms with van der Waals surface area (Å²) in [5.41, 5.74) is -0.0260. The minimum Gasteiger partial charge on any atom is -0.368 e. The highest BCUT2D eigenvalue weighted by molar-refractivity contribution is 5.94. The Morgan fingerprint density at radius 2 is 2.25 bits per heavy atom. The van der Waals surface area contributed by atoms with Crippen LogP contribution < -0.4 is 5.32 Å². The number of amides is 1. The molecule has 1 aliphatic rings. The second kappa shape index (κ2) is 4.57. The summed E-state index contributed by atoms with van der Waals surface area (Å²) < 4.78 is 31.0. The molecular formula is C11H11F2NO2. The molecule has 1 aromatic rings. The molecule has 0 bridgehead atoms. The summed E-state index contributed by atoms with van der Waals surface area (Å²) in [4.78, 5) is 11.6. The van der Waals surface area contributed by atoms with Crippen LogP contribution in [-0.4, -0.2) is 18.6 Å². The van der Waals surface area contributed by atoms with E-state index < -0.39 is 17.7 Å². The molecule has 16 heavy (non-hydrogen) atoms. The fourth-order valence-corrected chi connectivity index (χ4v) is 1.59. The zero-order valence-electron chi connectivity index (χ0n) is 8.50. The minimum absolute atomic E-state index is 0.0260. The highest BCUT2D eigenvalue weighted by Crippen LogP contribution is 2.18. The number of carbonyl (C=O) groups is 1. The Kier molecular flexibility index (Phi) is 3.14. The third kappa shape index (κ3) is 2.36. The molecule has 86 valence electrons. The molecule has 3 nitrogen and oxygen atoms in total. The van der Waals surface area contributed by atoms with Gasteiger partial charge in [-0.3, -0.25) is 4.79 Å². The first-order valence-electron chi connectivity index (χ1n) is 5.04. The summed E-state index contributed by atoms with van der Waals surface area (Å²) >= 11 is 0. The van der Waals surface area contributed by atoms with E-state index in [4.69, 9.17) is 4.74 Å². The molecule has 5 heteroatoms. The maximum absolute atomic E-state index is 13.2. The first-order valence-corrected chi connectivity index (χ1v) is 5.04. The molecule has 0 spiro atoms. The number of hydrogen-bond donors (Lipinski definition) is 1. The van der Waals surface area contributed by atoms with Gasteiger partial charge in [-0.2, -0.15) is 0 Å². The molecule has 1 amide bonds. The predicted octanol–water partition coefficient (Wildman–Crippen LogP) is 2.08. The highest BCUT2D eigenvalue weighted by atomic mass is 19.1. The van der Waals surface area contributed by atoms with E-state index >= 15 is 0 Å². The van der Waals surface area contributed by atoms with Gasteiger partial charge in [0.1, 0.15) is 17.7 Å². The van der Waals surface area contributed by atoms with Gasteiger partial charge in [-0.25, -0.2) is 8.78 Å². The van der Waals surface area contributed by atoms with Crippen molar-refractivity contribution >= 4 is 11.6 Å². The minimum atomic E-state index is -0.786. The Morgan fingerprint density at radius 3 is 2.88 bits per heavy atom. The molecule has 0 unspecified atom stereocenters. The molecule has 0 radical (unpaired) electrons. The molecule has 1 N–H and O–H groups in total. The number of ether oxygens (including phenoxy) is 1. The van der Waals surface area contributed by atoms with Crippen molar-refractivity contribution in [2.75, 3.05) is 11.9 Å². The van der Waals surface area contributed by atoms with Crippen molar-refractivity contribution in [3.63, 3.8) is 0 Å². The van der Waals surface area contributed by atoms with Crippen LogP contribution in [0.5, 0.6) is 0 Å². The third-order valence-corrected chi connectivity index (χ3v) is 2.41. The van der Waals surface area contributed by atoms with Crippen molar-refractivity contribution in [3.8, 4) is 0 Å². The summed E-state index contributed by atoms with van der Waals surface area (Å²) in [7, 11) is 0. The molecule has 1 aliphatic heterocycles. The number of halogens is 2. The van der Waals surface area contributed by atoms with Gasteiger partial charge >= 0.3 is 0 Å². The van der Waals surface area contributed by atoms with Crippen LogP contribution in [0.2, 0.25) is 0 Å². The number of benzene rings is 1. The number of carbonyl (C=O) groups excluding carboxylic acids is 1. The molecule has 1 aromatic carbocycles. The average Bonchev–Trinajstić information content (AvgIpc) is 2.75. The molecule has 0 aromatic heterocycles. The zero-order valence-corrected chi connectivity index (χ0v) is 8.50. The highest BCUT2D eigenvalue weighted by Gasteiger charge is 2.24. The topological polar surface area (TPSA) is 38.3 Å². The van der Waals surface area contributed by atoms with E-state index in [2.05, 4.69) is 5.32 Å². The lowest BCUT2D eigenvalue weighted by atomic mass is 10.2. The first-order chi connectivity index (χ1) is 7.66. The lowest BCUT2D eigenvalue weighted by Crippen LogP contribution is -2.27. The Hall–Kier alpha value is -1.49. The van der Waals surface area contributed by atoms with Crippen LogP contribution in [0.25, 0.3) is 0 Å². The molecule has 0 aliphatic carbocycles. The average molecular weight is 227 g/mol. The summed E-state index contributed by atoms with van der Waals surface area (Å²) in [6.07, 6.45) is 0.933. The van der Waals surface area contributed by atoms with E-state index in [9.17, 15) is 13.6 Å². The molecule has 1 atom stereocenters. The van der Waals surface area contributed by atoms with Gasteiger partial charge in [0.2, 0.25) is 0 Å². The maximum atomic E-state index is 13.2. The zero-order chi connectivity index (χ0) is 11.5. The van der Waals surface area contributed by atoms with Gasteiger partial charge < -0.3 is 10.1 Å². The Morgan fingerprint density at radius 1 is 1.44 bits per heavy atom. The van der Waals surface area contributed by atoms with Crippen molar-refractivity contribution in [1.82, 2.24) is 0 Å². The molecule has 2 rings (SSSR count). The summed E-state index contributed by atoms with van der Waals surface area (Å²) in [6, 6.07) is 3.01. The van der Waals surface area contributed by atoms with Gasteiger partial charge in [0, 0.05) is 12.7 Å². The Labute approximate surface area is 91.4 Å². The van der Waals surface area contributed by atoms with Gasteiger partial charge in [0.05, 0.1) is 5.69 Å². The Balaban J connectivity index is 2.05. The maximum Gasteiger partial charge on any atom is 0.253 e. The second-order valence-corrected chi connectivity index (χ2v) is 3.62. The molecule has 1 fully saturated rings. The van der Waals surface area contributed by atoms with Crippen molar-refractivity contribution < 1.29 is 18.3 Å². The van der Waals surface area contributed by atoms with Crippen molar-refractivity contribution in [1.29, 1.82) is 0 Å². The summed E-state index contributed by atoms with van der Waals surface area (Å²) in [5.74, 6) is -1.85. The summed E-state index contributed by atoms with van der Waals surface area (Å²) in [6.45, 7) is 0.546. The normalized spacial score (nSPS) is 19.8. The smallest absolute Gasteiger partial charge is 0.253 e. The largest absolute Gasteiger partial charge is 0.368 e. The lowest BCUT2D eigenvalue weighted by Gasteiger charge is -2.10. The lowest BCUT2D eigenvalue weighted by molar-refractivity contribution is -0.124. The SMILES string of the molecule is O=C(Nc1ccc(F)cc1F)[C@@H]1CCCO1. The monoisotopic (exact) mass is 227 g/mol. The standard InChI is InChI=1S/C11H11F2NO2/c12-7-3-4-9(8(13)6-7)14-11(15)10-2-1-5-16-10/h3-4,6,10H,1-2,5H2,(H,14,15)/t10-/m0/s1. The van der Waals surface area contributed by atoms with Crippen LogP contribution >= 0.6 is 0 Å². The fourth-order valence-electron chi connectivity index (χ4n) is 1.59. The fraction of sp³-hybridized carbons (Fsp3) is 0.364. The van der Waals surface area contributed by atoms with E-state index in [0.29, 0.717) is 13.0 Å². The Bertz CT molecular complexity index is 403. The van der Waals surface area contributed by atoms with Gasteiger partial charge in [0.25, 0.3) is 5.91 Å². The van der Waals surface area contributed by atoms with Crippen molar-refractivity contribution in [2.24, 2.45) is 0 Å². The van der Waals surface area contributed by atoms with Gasteiger partial charge in [0.15, 0.2) is 0 Å². The van der Waals surface area contributed by atoms with E-state index in [0.717, 1.165) is 18.6 Å². The summed E-state index contributed by atoms with van der Waals surface area (Å²) in [5, 5.41) is 2.37. The van der Waals surface area contributed by atoms with Gasteiger partial charge in [-0.15, -0.1) is 0 Å². The van der Waals surface area contributed by atoms with E-state index in [1.165, 1.54) is 6.07 Å². The van der Waals surface area contributed by atoms with Crippen molar-refractivity contribution in [2.45, 2.75) is 18.9 Å². The number of nitrogens with one attached hydrogen (secondary N) is 1. The predicted molar refractivity (Wildman–Crippen MR) is 54.0 cm³/mol. The number of rotatable bonds is 2. The number of anilines is 1. The molecule has 0 saturated carbocycles. The quantitative estimate of drug-likeness (QED) is 0.840. The van der Waals surface area contributed by atoms with Crippen LogP contribution in [-0.2, 0) is 9.53 Å². The van der Waals surface area contributed by atoms with Crippen LogP contribution in [0.3, 0.4) is 0 Å². The van der Waals surface area contributed by atoms with E-state index in [-0.39, 0.29) is 11.6 Å². The van der Waals surface area contributed by atoms with Crippen LogP contribution in [0.1, 0.15) is 12.8 Å². The molecule has 1 heterocycles. The number of hydrogen-bond acceptors (Lipinski definition) is 2. The molecule has 1 saturated heterocycles. The van der Waals surface area contributed by atoms with E-state index in [1.807, 2.05) is 0 Å². The first kappa shape index (κ1) is 11.0.